The first kappa shape index (κ1) is 13.4. The van der Waals surface area contributed by atoms with E-state index in [0.29, 0.717) is 0 Å². The van der Waals surface area contributed by atoms with Gasteiger partial charge in [0.1, 0.15) is 5.57 Å². The van der Waals surface area contributed by atoms with Crippen LogP contribution >= 0.6 is 12.2 Å². The van der Waals surface area contributed by atoms with Crippen molar-refractivity contribution in [3.05, 3.63) is 41.0 Å². The summed E-state index contributed by atoms with van der Waals surface area (Å²) in [6, 6.07) is 7.73. The first-order valence-corrected chi connectivity index (χ1v) is 6.37. The molecule has 1 N–H and O–H groups in total. The van der Waals surface area contributed by atoms with Gasteiger partial charge in [0.2, 0.25) is 0 Å². The lowest BCUT2D eigenvalue weighted by Crippen LogP contribution is -2.52. The van der Waals surface area contributed by atoms with Crippen molar-refractivity contribution < 1.29 is 9.59 Å². The first-order valence-electron chi connectivity index (χ1n) is 5.97. The van der Waals surface area contributed by atoms with Crippen LogP contribution < -0.4 is 5.32 Å². The lowest BCUT2D eigenvalue weighted by atomic mass is 10.1. The number of nitrogens with one attached hydrogen (secondary N) is 1. The minimum absolute atomic E-state index is 0.0975. The Balaban J connectivity index is 2.33. The van der Waals surface area contributed by atoms with Crippen molar-refractivity contribution in [1.29, 1.82) is 0 Å². The van der Waals surface area contributed by atoms with Crippen molar-refractivity contribution in [3.63, 3.8) is 0 Å². The number of rotatable bonds is 2. The quantitative estimate of drug-likeness (QED) is 0.505. The van der Waals surface area contributed by atoms with Crippen LogP contribution in [0, 0.1) is 0 Å². The zero-order valence-electron chi connectivity index (χ0n) is 10.8. The molecule has 2 rings (SSSR count). The van der Waals surface area contributed by atoms with Crippen molar-refractivity contribution >= 4 is 35.2 Å². The third kappa shape index (κ3) is 2.71. The van der Waals surface area contributed by atoms with E-state index in [2.05, 4.69) is 12.2 Å². The van der Waals surface area contributed by atoms with E-state index in [9.17, 15) is 9.59 Å². The summed E-state index contributed by atoms with van der Waals surface area (Å²) in [5, 5.41) is 2.61. The molecule has 1 fully saturated rings. The van der Waals surface area contributed by atoms with Crippen molar-refractivity contribution in [1.82, 2.24) is 10.2 Å². The van der Waals surface area contributed by atoms with E-state index in [4.69, 9.17) is 12.2 Å². The Morgan fingerprint density at radius 1 is 1.26 bits per heavy atom. The van der Waals surface area contributed by atoms with Crippen LogP contribution in [-0.4, -0.2) is 28.9 Å². The van der Waals surface area contributed by atoms with Crippen LogP contribution in [-0.2, 0) is 16.0 Å². The van der Waals surface area contributed by atoms with Gasteiger partial charge in [0.25, 0.3) is 11.8 Å². The summed E-state index contributed by atoms with van der Waals surface area (Å²) in [5.41, 5.74) is 2.12. The topological polar surface area (TPSA) is 49.4 Å². The molecule has 0 spiro atoms. The smallest absolute Gasteiger partial charge is 0.265 e. The average Bonchev–Trinajstić information content (AvgIpc) is 2.42. The Bertz CT molecular complexity index is 576. The Morgan fingerprint density at radius 2 is 1.89 bits per heavy atom. The molecule has 1 heterocycles. The molecule has 0 atom stereocenters. The zero-order valence-corrected chi connectivity index (χ0v) is 11.6. The van der Waals surface area contributed by atoms with Gasteiger partial charge in [-0.15, -0.1) is 0 Å². The van der Waals surface area contributed by atoms with E-state index < -0.39 is 5.91 Å². The fourth-order valence-corrected chi connectivity index (χ4v) is 1.94. The molecular weight excluding hydrogens is 260 g/mol. The van der Waals surface area contributed by atoms with Gasteiger partial charge in [0.15, 0.2) is 5.11 Å². The van der Waals surface area contributed by atoms with E-state index in [0.717, 1.165) is 12.0 Å². The standard InChI is InChI=1S/C14H14N2O2S/c1-3-9-4-6-10(7-5-9)8-11-12(17)15-14(19)16(2)13(11)18/h4-8H,3H2,1-2H3,(H,15,17,19). The highest BCUT2D eigenvalue weighted by atomic mass is 32.1. The second-order valence-corrected chi connectivity index (χ2v) is 4.66. The van der Waals surface area contributed by atoms with E-state index in [1.54, 1.807) is 6.08 Å². The second-order valence-electron chi connectivity index (χ2n) is 4.28. The van der Waals surface area contributed by atoms with E-state index in [1.165, 1.54) is 17.5 Å². The zero-order chi connectivity index (χ0) is 14.0. The lowest BCUT2D eigenvalue weighted by molar-refractivity contribution is -0.128. The Morgan fingerprint density at radius 3 is 2.47 bits per heavy atom. The Labute approximate surface area is 117 Å². The lowest BCUT2D eigenvalue weighted by Gasteiger charge is -2.25. The maximum absolute atomic E-state index is 12.0. The highest BCUT2D eigenvalue weighted by molar-refractivity contribution is 7.80. The molecule has 0 aliphatic carbocycles. The molecule has 0 aromatic heterocycles. The Kier molecular flexibility index (Phi) is 3.76. The molecule has 1 aliphatic heterocycles. The van der Waals surface area contributed by atoms with Gasteiger partial charge in [-0.05, 0) is 35.8 Å². The third-order valence-electron chi connectivity index (χ3n) is 3.00. The molecule has 1 aromatic carbocycles. The number of likely N-dealkylation sites (N-methyl/N-ethyl adjacent to an activating group) is 1. The van der Waals surface area contributed by atoms with Gasteiger partial charge in [0.05, 0.1) is 0 Å². The molecule has 1 aromatic rings. The van der Waals surface area contributed by atoms with Gasteiger partial charge >= 0.3 is 0 Å². The minimum atomic E-state index is -0.451. The van der Waals surface area contributed by atoms with Crippen molar-refractivity contribution in [2.75, 3.05) is 7.05 Å². The van der Waals surface area contributed by atoms with E-state index >= 15 is 0 Å². The van der Waals surface area contributed by atoms with Gasteiger partial charge in [0, 0.05) is 7.05 Å². The molecular formula is C14H14N2O2S. The number of nitrogens with zero attached hydrogens (tertiary/aromatic N) is 1. The van der Waals surface area contributed by atoms with Crippen LogP contribution in [0.15, 0.2) is 29.8 Å². The number of carbonyl (C=O) groups excluding carboxylic acids is 2. The van der Waals surface area contributed by atoms with Crippen LogP contribution in [0.4, 0.5) is 0 Å². The highest BCUT2D eigenvalue weighted by Gasteiger charge is 2.30. The number of thiocarbonyl (C=S) groups is 1. The van der Waals surface area contributed by atoms with Crippen LogP contribution in [0.2, 0.25) is 0 Å². The summed E-state index contributed by atoms with van der Waals surface area (Å²) in [4.78, 5) is 25.0. The minimum Gasteiger partial charge on any atom is -0.298 e. The van der Waals surface area contributed by atoms with Crippen molar-refractivity contribution in [2.45, 2.75) is 13.3 Å². The normalized spacial score (nSPS) is 17.9. The molecule has 0 unspecified atom stereocenters. The van der Waals surface area contributed by atoms with Crippen LogP contribution in [0.5, 0.6) is 0 Å². The first-order chi connectivity index (χ1) is 9.02. The van der Waals surface area contributed by atoms with Gasteiger partial charge in [-0.1, -0.05) is 31.2 Å². The fourth-order valence-electron chi connectivity index (χ4n) is 1.76. The number of amides is 2. The van der Waals surface area contributed by atoms with Gasteiger partial charge in [-0.3, -0.25) is 19.8 Å². The van der Waals surface area contributed by atoms with Crippen molar-refractivity contribution in [2.24, 2.45) is 0 Å². The third-order valence-corrected chi connectivity index (χ3v) is 3.38. The number of carbonyl (C=O) groups is 2. The second kappa shape index (κ2) is 5.32. The van der Waals surface area contributed by atoms with E-state index in [-0.39, 0.29) is 16.6 Å². The molecule has 5 heteroatoms. The fraction of sp³-hybridized carbons (Fsp3) is 0.214. The molecule has 1 saturated heterocycles. The van der Waals surface area contributed by atoms with Gasteiger partial charge in [-0.2, -0.15) is 0 Å². The number of hydrogen-bond donors (Lipinski definition) is 1. The summed E-state index contributed by atoms with van der Waals surface area (Å²) >= 11 is 4.88. The molecule has 0 radical (unpaired) electrons. The molecule has 19 heavy (non-hydrogen) atoms. The number of benzene rings is 1. The molecule has 1 aliphatic rings. The predicted molar refractivity (Wildman–Crippen MR) is 77.3 cm³/mol. The highest BCUT2D eigenvalue weighted by Crippen LogP contribution is 2.14. The van der Waals surface area contributed by atoms with Gasteiger partial charge < -0.3 is 0 Å². The molecule has 2 amide bonds. The number of hydrogen-bond acceptors (Lipinski definition) is 3. The predicted octanol–water partition coefficient (Wildman–Crippen LogP) is 1.51. The molecule has 0 saturated carbocycles. The molecule has 0 bridgehead atoms. The van der Waals surface area contributed by atoms with Gasteiger partial charge in [-0.25, -0.2) is 0 Å². The summed E-state index contributed by atoms with van der Waals surface area (Å²) in [7, 11) is 1.54. The largest absolute Gasteiger partial charge is 0.298 e. The maximum Gasteiger partial charge on any atom is 0.265 e. The SMILES string of the molecule is CCc1ccc(C=C2C(=O)NC(=S)N(C)C2=O)cc1. The van der Waals surface area contributed by atoms with Crippen molar-refractivity contribution in [3.8, 4) is 0 Å². The average molecular weight is 274 g/mol. The van der Waals surface area contributed by atoms with Crippen LogP contribution in [0.3, 0.4) is 0 Å². The van der Waals surface area contributed by atoms with E-state index in [1.807, 2.05) is 24.3 Å². The monoisotopic (exact) mass is 274 g/mol. The summed E-state index contributed by atoms with van der Waals surface area (Å²) in [6.07, 6.45) is 2.53. The summed E-state index contributed by atoms with van der Waals surface area (Å²) in [5.74, 6) is -0.832. The molecule has 4 nitrogen and oxygen atoms in total. The summed E-state index contributed by atoms with van der Waals surface area (Å²) in [6.45, 7) is 2.07. The Hall–Kier alpha value is -2.01. The molecule has 98 valence electrons. The summed E-state index contributed by atoms with van der Waals surface area (Å²) < 4.78 is 0. The number of aryl methyl sites for hydroxylation is 1. The van der Waals surface area contributed by atoms with Crippen LogP contribution in [0.25, 0.3) is 6.08 Å². The maximum atomic E-state index is 12.0. The van der Waals surface area contributed by atoms with Crippen LogP contribution in [0.1, 0.15) is 18.1 Å².